The Labute approximate surface area is 138 Å². The lowest BCUT2D eigenvalue weighted by Gasteiger charge is -2.26. The van der Waals surface area contributed by atoms with Crippen LogP contribution in [-0.4, -0.2) is 75.0 Å². The number of hydrogen-bond donors (Lipinski definition) is 3. The quantitative estimate of drug-likeness (QED) is 0.349. The summed E-state index contributed by atoms with van der Waals surface area (Å²) in [5, 5.41) is 5.62. The van der Waals surface area contributed by atoms with E-state index < -0.39 is 11.7 Å². The first kappa shape index (κ1) is 19.5. The van der Waals surface area contributed by atoms with Gasteiger partial charge in [-0.05, 0) is 27.2 Å². The Kier molecular flexibility index (Phi) is 8.71. The molecule has 1 heterocycles. The molecule has 1 saturated heterocycles. The number of nitrogens with two attached hydrogens (primary N) is 1. The normalized spacial score (nSPS) is 16.9. The van der Waals surface area contributed by atoms with Crippen LogP contribution in [0.2, 0.25) is 0 Å². The zero-order chi connectivity index (χ0) is 17.1. The Hall–Kier alpha value is -1.54. The average molecular weight is 329 g/mol. The number of carbonyl (C=O) groups is 1. The molecular formula is C15H31N5O3. The molecule has 0 aliphatic carbocycles. The second-order valence-corrected chi connectivity index (χ2v) is 6.43. The monoisotopic (exact) mass is 329 g/mol. The Bertz CT molecular complexity index is 376. The largest absolute Gasteiger partial charge is 0.444 e. The number of nitrogens with one attached hydrogen (secondary N) is 2. The van der Waals surface area contributed by atoms with Gasteiger partial charge in [0, 0.05) is 39.3 Å². The first-order valence-corrected chi connectivity index (χ1v) is 8.17. The van der Waals surface area contributed by atoms with Crippen LogP contribution in [0.3, 0.4) is 0 Å². The number of carbonyl (C=O) groups excluding carboxylic acids is 1. The minimum atomic E-state index is -0.488. The van der Waals surface area contributed by atoms with E-state index in [-0.39, 0.29) is 0 Å². The fourth-order valence-electron chi connectivity index (χ4n) is 2.04. The molecule has 1 rings (SSSR count). The molecule has 0 unspecified atom stereocenters. The highest BCUT2D eigenvalue weighted by Gasteiger charge is 2.15. The number of guanidine groups is 1. The minimum absolute atomic E-state index is 0.401. The number of nitrogens with zero attached hydrogens (tertiary/aromatic N) is 2. The number of alkyl carbamates (subject to hydrolysis) is 1. The first-order valence-electron chi connectivity index (χ1n) is 8.17. The van der Waals surface area contributed by atoms with Gasteiger partial charge in [0.05, 0.1) is 13.2 Å². The molecule has 0 radical (unpaired) electrons. The number of ether oxygens (including phenoxy) is 2. The zero-order valence-electron chi connectivity index (χ0n) is 14.6. The van der Waals surface area contributed by atoms with Crippen molar-refractivity contribution in [1.82, 2.24) is 15.5 Å². The minimum Gasteiger partial charge on any atom is -0.444 e. The van der Waals surface area contributed by atoms with Crippen molar-refractivity contribution >= 4 is 12.1 Å². The molecule has 23 heavy (non-hydrogen) atoms. The molecule has 0 aromatic rings. The van der Waals surface area contributed by atoms with Gasteiger partial charge in [0.25, 0.3) is 0 Å². The highest BCUT2D eigenvalue weighted by Crippen LogP contribution is 2.05. The van der Waals surface area contributed by atoms with E-state index >= 15 is 0 Å². The van der Waals surface area contributed by atoms with E-state index in [4.69, 9.17) is 15.2 Å². The van der Waals surface area contributed by atoms with E-state index in [0.717, 1.165) is 39.3 Å². The molecule has 1 fully saturated rings. The van der Waals surface area contributed by atoms with E-state index in [0.29, 0.717) is 25.6 Å². The van der Waals surface area contributed by atoms with Gasteiger partial charge >= 0.3 is 6.09 Å². The van der Waals surface area contributed by atoms with Crippen molar-refractivity contribution < 1.29 is 14.3 Å². The van der Waals surface area contributed by atoms with Crippen LogP contribution in [0.15, 0.2) is 4.99 Å². The van der Waals surface area contributed by atoms with Crippen molar-refractivity contribution in [1.29, 1.82) is 0 Å². The molecule has 0 aromatic carbocycles. The molecule has 0 bridgehead atoms. The lowest BCUT2D eigenvalue weighted by molar-refractivity contribution is 0.0377. The van der Waals surface area contributed by atoms with Crippen LogP contribution in [0.25, 0.3) is 0 Å². The third kappa shape index (κ3) is 10.8. The van der Waals surface area contributed by atoms with Crippen LogP contribution in [0.5, 0.6) is 0 Å². The summed E-state index contributed by atoms with van der Waals surface area (Å²) in [6.45, 7) is 11.7. The number of morpholine rings is 1. The highest BCUT2D eigenvalue weighted by atomic mass is 16.6. The van der Waals surface area contributed by atoms with E-state index in [2.05, 4.69) is 20.5 Å². The van der Waals surface area contributed by atoms with Crippen LogP contribution in [0.4, 0.5) is 4.79 Å². The van der Waals surface area contributed by atoms with E-state index in [1.807, 2.05) is 20.8 Å². The first-order chi connectivity index (χ1) is 10.9. The Morgan fingerprint density at radius 1 is 1.26 bits per heavy atom. The van der Waals surface area contributed by atoms with E-state index in [1.54, 1.807) is 0 Å². The molecule has 1 aliphatic heterocycles. The van der Waals surface area contributed by atoms with Gasteiger partial charge < -0.3 is 25.8 Å². The molecule has 0 saturated carbocycles. The maximum Gasteiger partial charge on any atom is 0.407 e. The summed E-state index contributed by atoms with van der Waals surface area (Å²) < 4.78 is 10.4. The van der Waals surface area contributed by atoms with Crippen molar-refractivity contribution in [2.75, 3.05) is 52.5 Å². The summed E-state index contributed by atoms with van der Waals surface area (Å²) in [6.07, 6.45) is 0.541. The molecule has 0 spiro atoms. The SMILES string of the molecule is CC(C)(C)OC(=O)NCCNC(N)=NCCCN1CCOCC1. The fourth-order valence-corrected chi connectivity index (χ4v) is 2.04. The molecule has 134 valence electrons. The van der Waals surface area contributed by atoms with Gasteiger partial charge in [-0.2, -0.15) is 0 Å². The molecule has 8 heteroatoms. The summed E-state index contributed by atoms with van der Waals surface area (Å²) in [6, 6.07) is 0. The molecule has 1 aliphatic rings. The topological polar surface area (TPSA) is 101 Å². The maximum atomic E-state index is 11.4. The summed E-state index contributed by atoms with van der Waals surface area (Å²) in [7, 11) is 0. The lowest BCUT2D eigenvalue weighted by Crippen LogP contribution is -2.40. The van der Waals surface area contributed by atoms with Gasteiger partial charge in [0.15, 0.2) is 5.96 Å². The van der Waals surface area contributed by atoms with Gasteiger partial charge in [-0.25, -0.2) is 4.79 Å². The third-order valence-corrected chi connectivity index (χ3v) is 3.12. The third-order valence-electron chi connectivity index (χ3n) is 3.12. The van der Waals surface area contributed by atoms with Crippen LogP contribution in [0.1, 0.15) is 27.2 Å². The molecule has 1 amide bonds. The molecule has 0 aromatic heterocycles. The average Bonchev–Trinajstić information content (AvgIpc) is 2.47. The van der Waals surface area contributed by atoms with Crippen molar-refractivity contribution in [2.45, 2.75) is 32.8 Å². The second kappa shape index (κ2) is 10.3. The van der Waals surface area contributed by atoms with Crippen molar-refractivity contribution in [3.8, 4) is 0 Å². The molecule has 8 nitrogen and oxygen atoms in total. The van der Waals surface area contributed by atoms with Crippen molar-refractivity contribution in [3.05, 3.63) is 0 Å². The summed E-state index contributed by atoms with van der Waals surface area (Å²) in [5.41, 5.74) is 5.29. The van der Waals surface area contributed by atoms with E-state index in [1.165, 1.54) is 0 Å². The molecule has 4 N–H and O–H groups in total. The summed E-state index contributed by atoms with van der Waals surface area (Å²) in [4.78, 5) is 18.1. The number of hydrogen-bond acceptors (Lipinski definition) is 5. The lowest BCUT2D eigenvalue weighted by atomic mass is 10.2. The van der Waals surface area contributed by atoms with Gasteiger partial charge in [-0.15, -0.1) is 0 Å². The zero-order valence-corrected chi connectivity index (χ0v) is 14.6. The summed E-state index contributed by atoms with van der Waals surface area (Å²) in [5.74, 6) is 0.401. The number of amides is 1. The van der Waals surface area contributed by atoms with Gasteiger partial charge in [-0.1, -0.05) is 0 Å². The Balaban J connectivity index is 2.02. The van der Waals surface area contributed by atoms with Gasteiger partial charge in [0.2, 0.25) is 0 Å². The number of rotatable bonds is 7. The van der Waals surface area contributed by atoms with Crippen molar-refractivity contribution in [3.63, 3.8) is 0 Å². The summed E-state index contributed by atoms with van der Waals surface area (Å²) >= 11 is 0. The predicted molar refractivity (Wildman–Crippen MR) is 90.6 cm³/mol. The van der Waals surface area contributed by atoms with Gasteiger partial charge in [-0.3, -0.25) is 9.89 Å². The van der Waals surface area contributed by atoms with Crippen LogP contribution >= 0.6 is 0 Å². The highest BCUT2D eigenvalue weighted by molar-refractivity contribution is 5.77. The van der Waals surface area contributed by atoms with Crippen molar-refractivity contribution in [2.24, 2.45) is 10.7 Å². The van der Waals surface area contributed by atoms with E-state index in [9.17, 15) is 4.79 Å². The standard InChI is InChI=1S/C15H31N5O3/c1-15(2,3)23-14(21)19-7-6-18-13(16)17-5-4-8-20-9-11-22-12-10-20/h4-12H2,1-3H3,(H,19,21)(H3,16,17,18). The van der Waals surface area contributed by atoms with Crippen LogP contribution in [-0.2, 0) is 9.47 Å². The second-order valence-electron chi connectivity index (χ2n) is 6.43. The maximum absolute atomic E-state index is 11.4. The van der Waals surface area contributed by atoms with Gasteiger partial charge in [0.1, 0.15) is 5.60 Å². The molecular weight excluding hydrogens is 298 g/mol. The Morgan fingerprint density at radius 2 is 1.91 bits per heavy atom. The molecule has 0 atom stereocenters. The smallest absolute Gasteiger partial charge is 0.407 e. The predicted octanol–water partition coefficient (Wildman–Crippen LogP) is 0.138. The Morgan fingerprint density at radius 3 is 2.57 bits per heavy atom. The fraction of sp³-hybridized carbons (Fsp3) is 0.867. The van der Waals surface area contributed by atoms with Crippen LogP contribution in [0, 0.1) is 0 Å². The number of aliphatic imine (C=N–C) groups is 1. The van der Waals surface area contributed by atoms with Crippen LogP contribution < -0.4 is 16.4 Å².